The first kappa shape index (κ1) is 17.1. The number of rotatable bonds is 1. The molecular formula is C29H22N2. The molecule has 7 rings (SSSR count). The molecule has 0 fully saturated rings. The molecule has 0 amide bonds. The van der Waals surface area contributed by atoms with Gasteiger partial charge < -0.3 is 4.90 Å². The minimum Gasteiger partial charge on any atom is -0.316 e. The molecule has 0 unspecified atom stereocenters. The number of hydrogen-bond donors (Lipinski definition) is 0. The van der Waals surface area contributed by atoms with Crippen molar-refractivity contribution in [2.75, 3.05) is 4.90 Å². The van der Waals surface area contributed by atoms with Crippen LogP contribution in [-0.2, 0) is 18.4 Å². The van der Waals surface area contributed by atoms with Crippen LogP contribution in [0.2, 0.25) is 0 Å². The van der Waals surface area contributed by atoms with Crippen LogP contribution < -0.4 is 4.90 Å². The van der Waals surface area contributed by atoms with Crippen molar-refractivity contribution >= 4 is 11.5 Å². The molecule has 0 radical (unpaired) electrons. The highest BCUT2D eigenvalue weighted by Crippen LogP contribution is 2.57. The van der Waals surface area contributed by atoms with Crippen molar-refractivity contribution in [1.29, 1.82) is 0 Å². The Balaban J connectivity index is 1.58. The van der Waals surface area contributed by atoms with Gasteiger partial charge in [-0.15, -0.1) is 0 Å². The van der Waals surface area contributed by atoms with Gasteiger partial charge in [0, 0.05) is 24.1 Å². The largest absolute Gasteiger partial charge is 0.316 e. The van der Waals surface area contributed by atoms with E-state index in [0.29, 0.717) is 0 Å². The summed E-state index contributed by atoms with van der Waals surface area (Å²) in [7, 11) is 0. The van der Waals surface area contributed by atoms with E-state index in [-0.39, 0.29) is 11.6 Å². The van der Waals surface area contributed by atoms with Gasteiger partial charge in [0.2, 0.25) is 0 Å². The maximum Gasteiger partial charge on any atom is 0.137 e. The molecule has 148 valence electrons. The van der Waals surface area contributed by atoms with Gasteiger partial charge >= 0.3 is 0 Å². The minimum absolute atomic E-state index is 0.161. The zero-order valence-corrected chi connectivity index (χ0v) is 17.2. The monoisotopic (exact) mass is 398 g/mol. The van der Waals surface area contributed by atoms with Crippen LogP contribution >= 0.6 is 0 Å². The Kier molecular flexibility index (Phi) is 3.40. The third-order valence-corrected chi connectivity index (χ3v) is 7.22. The summed E-state index contributed by atoms with van der Waals surface area (Å²) >= 11 is 0. The van der Waals surface area contributed by atoms with Gasteiger partial charge in [0.25, 0.3) is 0 Å². The van der Waals surface area contributed by atoms with Gasteiger partial charge in [0.1, 0.15) is 11.4 Å². The molecule has 1 aliphatic carbocycles. The Morgan fingerprint density at radius 3 is 2.23 bits per heavy atom. The second-order valence-corrected chi connectivity index (χ2v) is 8.84. The summed E-state index contributed by atoms with van der Waals surface area (Å²) < 4.78 is 0. The van der Waals surface area contributed by atoms with Crippen LogP contribution in [0.4, 0.5) is 5.69 Å². The van der Waals surface area contributed by atoms with Gasteiger partial charge in [-0.3, -0.25) is 4.99 Å². The minimum atomic E-state index is -0.308. The van der Waals surface area contributed by atoms with E-state index in [1.807, 2.05) is 0 Å². The van der Waals surface area contributed by atoms with Crippen molar-refractivity contribution in [2.24, 2.45) is 4.99 Å². The van der Waals surface area contributed by atoms with Gasteiger partial charge in [-0.05, 0) is 33.9 Å². The number of anilines is 1. The number of fused-ring (bicyclic) bond motifs is 9. The van der Waals surface area contributed by atoms with Gasteiger partial charge in [-0.2, -0.15) is 0 Å². The molecule has 2 aliphatic heterocycles. The molecule has 0 N–H and O–H groups in total. The summed E-state index contributed by atoms with van der Waals surface area (Å²) in [6.07, 6.45) is 1.87. The number of hydrogen-bond acceptors (Lipinski definition) is 2. The van der Waals surface area contributed by atoms with Gasteiger partial charge in [-0.25, -0.2) is 0 Å². The van der Waals surface area contributed by atoms with Crippen molar-refractivity contribution < 1.29 is 0 Å². The lowest BCUT2D eigenvalue weighted by atomic mass is 9.84. The van der Waals surface area contributed by atoms with Crippen molar-refractivity contribution in [3.63, 3.8) is 0 Å². The van der Waals surface area contributed by atoms with Crippen molar-refractivity contribution in [3.05, 3.63) is 137 Å². The Labute approximate surface area is 182 Å². The second-order valence-electron chi connectivity index (χ2n) is 8.84. The molecule has 3 aliphatic rings. The average molecular weight is 399 g/mol. The topological polar surface area (TPSA) is 15.6 Å². The molecule has 0 aromatic heterocycles. The lowest BCUT2D eigenvalue weighted by Gasteiger charge is -2.34. The van der Waals surface area contributed by atoms with E-state index in [9.17, 15) is 0 Å². The van der Waals surface area contributed by atoms with Crippen molar-refractivity contribution in [3.8, 4) is 0 Å². The quantitative estimate of drug-likeness (QED) is 0.381. The fraction of sp³-hybridized carbons (Fsp3) is 0.138. The third kappa shape index (κ3) is 2.25. The number of para-hydroxylation sites is 1. The van der Waals surface area contributed by atoms with Gasteiger partial charge in [0.15, 0.2) is 0 Å². The highest BCUT2D eigenvalue weighted by atomic mass is 15.3. The summed E-state index contributed by atoms with van der Waals surface area (Å²) in [4.78, 5) is 8.17. The summed E-state index contributed by atoms with van der Waals surface area (Å²) in [6.45, 7) is 0. The van der Waals surface area contributed by atoms with E-state index in [1.54, 1.807) is 0 Å². The lowest BCUT2D eigenvalue weighted by molar-refractivity contribution is 0.422. The number of amidine groups is 1. The number of benzene rings is 4. The van der Waals surface area contributed by atoms with Crippen molar-refractivity contribution in [2.45, 2.75) is 24.4 Å². The standard InChI is InChI=1S/C29H22N2/c1-2-13-23(14-3-1)29-19-22-12-5-7-15-24(22)27(29)31-26-17-9-6-11-21(26)18-20-10-4-8-16-25(20)28(31)30-29/h1-17,27H,18-19H2/t27-,29-/m1/s1. The first-order valence-electron chi connectivity index (χ1n) is 11.0. The zero-order chi connectivity index (χ0) is 20.4. The molecule has 4 aromatic carbocycles. The van der Waals surface area contributed by atoms with E-state index < -0.39 is 0 Å². The van der Waals surface area contributed by atoms with E-state index in [2.05, 4.69) is 108 Å². The zero-order valence-electron chi connectivity index (χ0n) is 17.2. The molecule has 4 aromatic rings. The van der Waals surface area contributed by atoms with E-state index >= 15 is 0 Å². The smallest absolute Gasteiger partial charge is 0.137 e. The van der Waals surface area contributed by atoms with Crippen LogP contribution in [0.15, 0.2) is 108 Å². The third-order valence-electron chi connectivity index (χ3n) is 7.22. The lowest BCUT2D eigenvalue weighted by Crippen LogP contribution is -2.36. The number of nitrogens with zero attached hydrogens (tertiary/aromatic N) is 2. The molecule has 2 heteroatoms. The highest BCUT2D eigenvalue weighted by Gasteiger charge is 2.56. The van der Waals surface area contributed by atoms with Crippen LogP contribution in [0.5, 0.6) is 0 Å². The Morgan fingerprint density at radius 1 is 0.677 bits per heavy atom. The fourth-order valence-electron chi connectivity index (χ4n) is 5.91. The van der Waals surface area contributed by atoms with E-state index in [0.717, 1.165) is 18.7 Å². The van der Waals surface area contributed by atoms with Gasteiger partial charge in [-0.1, -0.05) is 97.1 Å². The average Bonchev–Trinajstić information content (AvgIpc) is 3.28. The van der Waals surface area contributed by atoms with Crippen LogP contribution in [-0.4, -0.2) is 5.84 Å². The van der Waals surface area contributed by atoms with Crippen LogP contribution in [0.3, 0.4) is 0 Å². The molecule has 2 heterocycles. The predicted octanol–water partition coefficient (Wildman–Crippen LogP) is 6.05. The van der Waals surface area contributed by atoms with Crippen LogP contribution in [0.1, 0.15) is 39.4 Å². The molecule has 31 heavy (non-hydrogen) atoms. The molecule has 0 bridgehead atoms. The molecule has 2 atom stereocenters. The highest BCUT2D eigenvalue weighted by molar-refractivity contribution is 6.14. The van der Waals surface area contributed by atoms with Gasteiger partial charge in [0.05, 0.1) is 6.04 Å². The first-order chi connectivity index (χ1) is 15.4. The normalized spacial score (nSPS) is 22.5. The Bertz CT molecular complexity index is 1350. The Hall–Kier alpha value is -3.65. The predicted molar refractivity (Wildman–Crippen MR) is 126 cm³/mol. The molecule has 0 saturated heterocycles. The fourth-order valence-corrected chi connectivity index (χ4v) is 5.91. The van der Waals surface area contributed by atoms with Crippen LogP contribution in [0, 0.1) is 0 Å². The maximum atomic E-state index is 5.63. The van der Waals surface area contributed by atoms with E-state index in [4.69, 9.17) is 4.99 Å². The summed E-state index contributed by atoms with van der Waals surface area (Å²) in [6, 6.07) is 37.7. The number of aliphatic imine (C=N–C) groups is 1. The summed E-state index contributed by atoms with van der Waals surface area (Å²) in [5.74, 6) is 1.11. The molecular weight excluding hydrogens is 376 g/mol. The first-order valence-corrected chi connectivity index (χ1v) is 11.0. The summed E-state index contributed by atoms with van der Waals surface area (Å²) in [5.41, 5.74) is 9.08. The maximum absolute atomic E-state index is 5.63. The SMILES string of the molecule is c1ccc([C@]23Cc4ccccc4[C@H]2N2C(=N3)c3ccccc3Cc3ccccc32)cc1. The van der Waals surface area contributed by atoms with Crippen LogP contribution in [0.25, 0.3) is 0 Å². The molecule has 2 nitrogen and oxygen atoms in total. The van der Waals surface area contributed by atoms with E-state index in [1.165, 1.54) is 39.1 Å². The Morgan fingerprint density at radius 2 is 1.35 bits per heavy atom. The molecule has 0 saturated carbocycles. The molecule has 0 spiro atoms. The van der Waals surface area contributed by atoms with Crippen molar-refractivity contribution in [1.82, 2.24) is 0 Å². The summed E-state index contributed by atoms with van der Waals surface area (Å²) in [5, 5.41) is 0. The second kappa shape index (κ2) is 6.18.